The Labute approximate surface area is 167 Å². The van der Waals surface area contributed by atoms with E-state index in [1.807, 2.05) is 24.3 Å². The monoisotopic (exact) mass is 485 g/mol. The lowest BCUT2D eigenvalue weighted by Crippen LogP contribution is -2.13. The van der Waals surface area contributed by atoms with Crippen molar-refractivity contribution in [2.24, 2.45) is 0 Å². The second-order valence-corrected chi connectivity index (χ2v) is 6.58. The van der Waals surface area contributed by atoms with Crippen molar-refractivity contribution in [2.75, 3.05) is 5.32 Å². The van der Waals surface area contributed by atoms with Gasteiger partial charge in [-0.2, -0.15) is 8.78 Å². The Hall–Kier alpha value is -2.62. The lowest BCUT2D eigenvalue weighted by atomic mass is 10.3. The predicted molar refractivity (Wildman–Crippen MR) is 103 cm³/mol. The maximum Gasteiger partial charge on any atom is 0.387 e. The number of carbonyl (C=O) groups is 1. The molecule has 0 aliphatic rings. The van der Waals surface area contributed by atoms with Gasteiger partial charge in [0.2, 0.25) is 0 Å². The number of amides is 1. The van der Waals surface area contributed by atoms with Crippen molar-refractivity contribution >= 4 is 34.2 Å². The number of nitrogens with one attached hydrogen (secondary N) is 1. The molecule has 0 saturated heterocycles. The van der Waals surface area contributed by atoms with Crippen LogP contribution in [0.5, 0.6) is 11.5 Å². The minimum atomic E-state index is -2.99. The highest BCUT2D eigenvalue weighted by Crippen LogP contribution is 2.26. The molecule has 0 atom stereocenters. The maximum absolute atomic E-state index is 12.4. The molecule has 0 radical (unpaired) electrons. The molecule has 0 aliphatic carbocycles. The van der Waals surface area contributed by atoms with Crippen LogP contribution in [0.15, 0.2) is 65.1 Å². The third kappa shape index (κ3) is 5.43. The van der Waals surface area contributed by atoms with Gasteiger partial charge in [-0.25, -0.2) is 0 Å². The normalized spacial score (nSPS) is 10.7. The molecule has 0 fully saturated rings. The van der Waals surface area contributed by atoms with Gasteiger partial charge < -0.3 is 19.2 Å². The summed E-state index contributed by atoms with van der Waals surface area (Å²) in [5.74, 6) is 0.449. The van der Waals surface area contributed by atoms with E-state index < -0.39 is 12.5 Å². The average molecular weight is 485 g/mol. The number of para-hydroxylation sites is 2. The summed E-state index contributed by atoms with van der Waals surface area (Å²) in [6, 6.07) is 16.5. The summed E-state index contributed by atoms with van der Waals surface area (Å²) in [5, 5.41) is 2.49. The molecule has 8 heteroatoms. The van der Waals surface area contributed by atoms with E-state index in [2.05, 4.69) is 32.6 Å². The third-order valence-electron chi connectivity index (χ3n) is 3.43. The zero-order valence-corrected chi connectivity index (χ0v) is 16.0. The van der Waals surface area contributed by atoms with E-state index in [0.717, 1.165) is 3.57 Å². The van der Waals surface area contributed by atoms with Crippen molar-refractivity contribution < 1.29 is 27.5 Å². The third-order valence-corrected chi connectivity index (χ3v) is 4.15. The molecule has 1 aromatic heterocycles. The number of carbonyl (C=O) groups excluding carboxylic acids is 1. The van der Waals surface area contributed by atoms with Gasteiger partial charge in [0.25, 0.3) is 5.91 Å². The van der Waals surface area contributed by atoms with E-state index in [1.165, 1.54) is 24.3 Å². The van der Waals surface area contributed by atoms with Crippen molar-refractivity contribution in [3.05, 3.63) is 75.8 Å². The van der Waals surface area contributed by atoms with Gasteiger partial charge in [0.15, 0.2) is 5.76 Å². The van der Waals surface area contributed by atoms with Crippen molar-refractivity contribution in [2.45, 2.75) is 13.2 Å². The van der Waals surface area contributed by atoms with Crippen LogP contribution >= 0.6 is 22.6 Å². The fourth-order valence-electron chi connectivity index (χ4n) is 2.22. The van der Waals surface area contributed by atoms with Gasteiger partial charge in [-0.1, -0.05) is 12.1 Å². The van der Waals surface area contributed by atoms with E-state index in [9.17, 15) is 13.6 Å². The summed E-state index contributed by atoms with van der Waals surface area (Å²) in [4.78, 5) is 12.3. The molecule has 0 saturated carbocycles. The molecule has 1 amide bonds. The van der Waals surface area contributed by atoms with Crippen molar-refractivity contribution in [1.29, 1.82) is 0 Å². The summed E-state index contributed by atoms with van der Waals surface area (Å²) in [6.45, 7) is -2.84. The Morgan fingerprint density at radius 3 is 2.56 bits per heavy atom. The van der Waals surface area contributed by atoms with Crippen LogP contribution in [0.1, 0.15) is 16.3 Å². The Morgan fingerprint density at radius 2 is 1.81 bits per heavy atom. The quantitative estimate of drug-likeness (QED) is 0.461. The summed E-state index contributed by atoms with van der Waals surface area (Å²) in [5.41, 5.74) is 0.121. The van der Waals surface area contributed by atoms with E-state index >= 15 is 0 Å². The van der Waals surface area contributed by atoms with E-state index in [4.69, 9.17) is 9.15 Å². The van der Waals surface area contributed by atoms with Gasteiger partial charge in [-0.05, 0) is 71.1 Å². The second kappa shape index (κ2) is 8.85. The number of anilines is 1. The molecule has 0 unspecified atom stereocenters. The summed E-state index contributed by atoms with van der Waals surface area (Å²) >= 11 is 2.20. The van der Waals surface area contributed by atoms with E-state index in [1.54, 1.807) is 12.1 Å². The smallest absolute Gasteiger partial charge is 0.387 e. The van der Waals surface area contributed by atoms with Crippen molar-refractivity contribution in [1.82, 2.24) is 0 Å². The highest BCUT2D eigenvalue weighted by Gasteiger charge is 2.15. The zero-order chi connectivity index (χ0) is 19.2. The van der Waals surface area contributed by atoms with Crippen LogP contribution < -0.4 is 14.8 Å². The highest BCUT2D eigenvalue weighted by atomic mass is 127. The van der Waals surface area contributed by atoms with Gasteiger partial charge >= 0.3 is 6.61 Å². The first kappa shape index (κ1) is 19.2. The molecule has 140 valence electrons. The van der Waals surface area contributed by atoms with Crippen LogP contribution in [0.2, 0.25) is 0 Å². The van der Waals surface area contributed by atoms with Crippen molar-refractivity contribution in [3.63, 3.8) is 0 Å². The van der Waals surface area contributed by atoms with Gasteiger partial charge in [-0.15, -0.1) is 0 Å². The van der Waals surface area contributed by atoms with Gasteiger partial charge in [0.1, 0.15) is 23.9 Å². The first-order valence-corrected chi connectivity index (χ1v) is 8.91. The van der Waals surface area contributed by atoms with Crippen LogP contribution in [0.3, 0.4) is 0 Å². The first-order valence-electron chi connectivity index (χ1n) is 7.83. The molecule has 0 aliphatic heterocycles. The first-order chi connectivity index (χ1) is 13.0. The van der Waals surface area contributed by atoms with Gasteiger partial charge in [0, 0.05) is 3.57 Å². The van der Waals surface area contributed by atoms with Crippen LogP contribution in [0.25, 0.3) is 0 Å². The van der Waals surface area contributed by atoms with Crippen LogP contribution in [0, 0.1) is 3.57 Å². The lowest BCUT2D eigenvalue weighted by Gasteiger charge is -2.10. The molecule has 3 rings (SSSR count). The molecule has 3 aromatic rings. The number of hydrogen-bond acceptors (Lipinski definition) is 4. The number of rotatable bonds is 7. The standard InChI is InChI=1S/C19H14F2INO4/c20-19(21)27-16-4-2-1-3-15(16)23-18(24)17-10-9-14(26-17)11-25-13-7-5-12(22)6-8-13/h1-10,19H,11H2,(H,23,24). The Bertz CT molecular complexity index is 912. The summed E-state index contributed by atoms with van der Waals surface area (Å²) in [7, 11) is 0. The second-order valence-electron chi connectivity index (χ2n) is 5.34. The van der Waals surface area contributed by atoms with Crippen LogP contribution in [-0.2, 0) is 6.61 Å². The molecule has 1 N–H and O–H groups in total. The lowest BCUT2D eigenvalue weighted by molar-refractivity contribution is -0.0493. The van der Waals surface area contributed by atoms with E-state index in [0.29, 0.717) is 11.5 Å². The highest BCUT2D eigenvalue weighted by molar-refractivity contribution is 14.1. The Kier molecular flexibility index (Phi) is 6.28. The van der Waals surface area contributed by atoms with Gasteiger partial charge in [0.05, 0.1) is 5.69 Å². The number of alkyl halides is 2. The molecule has 0 bridgehead atoms. The minimum Gasteiger partial charge on any atom is -0.486 e. The minimum absolute atomic E-state index is 0.0306. The number of furan rings is 1. The molecular weight excluding hydrogens is 471 g/mol. The molecule has 0 spiro atoms. The number of halogens is 3. The Morgan fingerprint density at radius 1 is 1.07 bits per heavy atom. The summed E-state index contributed by atoms with van der Waals surface area (Å²) in [6.07, 6.45) is 0. The molecule has 1 heterocycles. The number of ether oxygens (including phenoxy) is 2. The van der Waals surface area contributed by atoms with Crippen LogP contribution in [0.4, 0.5) is 14.5 Å². The fraction of sp³-hybridized carbons (Fsp3) is 0.105. The molecular formula is C19H14F2INO4. The van der Waals surface area contributed by atoms with E-state index in [-0.39, 0.29) is 23.8 Å². The molecule has 2 aromatic carbocycles. The zero-order valence-electron chi connectivity index (χ0n) is 13.8. The number of hydrogen-bond donors (Lipinski definition) is 1. The summed E-state index contributed by atoms with van der Waals surface area (Å²) < 4.78 is 41.4. The number of benzene rings is 2. The maximum atomic E-state index is 12.4. The average Bonchev–Trinajstić information content (AvgIpc) is 3.12. The topological polar surface area (TPSA) is 60.7 Å². The predicted octanol–water partition coefficient (Wildman–Crippen LogP) is 5.32. The van der Waals surface area contributed by atoms with Crippen LogP contribution in [-0.4, -0.2) is 12.5 Å². The van der Waals surface area contributed by atoms with Crippen molar-refractivity contribution in [3.8, 4) is 11.5 Å². The molecule has 5 nitrogen and oxygen atoms in total. The molecule has 27 heavy (non-hydrogen) atoms. The fourth-order valence-corrected chi connectivity index (χ4v) is 2.57. The van der Waals surface area contributed by atoms with Gasteiger partial charge in [-0.3, -0.25) is 4.79 Å². The Balaban J connectivity index is 1.62. The largest absolute Gasteiger partial charge is 0.486 e. The SMILES string of the molecule is O=C(Nc1ccccc1OC(F)F)c1ccc(COc2ccc(I)cc2)o1.